The summed E-state index contributed by atoms with van der Waals surface area (Å²) in [5.74, 6) is 0.657. The lowest BCUT2D eigenvalue weighted by atomic mass is 9.93. The Morgan fingerprint density at radius 1 is 1.27 bits per heavy atom. The number of hydrogen-bond donors (Lipinski definition) is 0. The molecule has 0 aromatic carbocycles. The molecule has 0 nitrogen and oxygen atoms in total. The molecule has 0 fully saturated rings. The predicted molar refractivity (Wildman–Crippen MR) is 66.7 cm³/mol. The predicted octanol–water partition coefficient (Wildman–Crippen LogP) is 4.57. The maximum absolute atomic E-state index is 2.44. The lowest BCUT2D eigenvalue weighted by Gasteiger charge is -2.12. The van der Waals surface area contributed by atoms with Gasteiger partial charge >= 0.3 is 0 Å². The molecule has 15 heavy (non-hydrogen) atoms. The van der Waals surface area contributed by atoms with Crippen LogP contribution in [0.1, 0.15) is 39.5 Å². The van der Waals surface area contributed by atoms with Crippen molar-refractivity contribution in [3.8, 4) is 0 Å². The van der Waals surface area contributed by atoms with Crippen LogP contribution in [-0.2, 0) is 0 Å². The summed E-state index contributed by atoms with van der Waals surface area (Å²) in [5, 5.41) is 0. The van der Waals surface area contributed by atoms with E-state index in [1.807, 2.05) is 0 Å². The molecule has 0 aromatic rings. The van der Waals surface area contributed by atoms with Crippen molar-refractivity contribution >= 4 is 0 Å². The zero-order valence-corrected chi connectivity index (χ0v) is 9.79. The van der Waals surface area contributed by atoms with Crippen molar-refractivity contribution < 1.29 is 0 Å². The van der Waals surface area contributed by atoms with E-state index in [4.69, 9.17) is 0 Å². The van der Waals surface area contributed by atoms with E-state index in [2.05, 4.69) is 44.2 Å². The van der Waals surface area contributed by atoms with Gasteiger partial charge in [-0.2, -0.15) is 0 Å². The van der Waals surface area contributed by atoms with Gasteiger partial charge in [-0.1, -0.05) is 56.2 Å². The van der Waals surface area contributed by atoms with Crippen molar-refractivity contribution in [1.82, 2.24) is 0 Å². The molecule has 2 rings (SSSR count). The van der Waals surface area contributed by atoms with Gasteiger partial charge < -0.3 is 0 Å². The summed E-state index contributed by atoms with van der Waals surface area (Å²) in [6, 6.07) is 0. The zero-order valence-electron chi connectivity index (χ0n) is 9.79. The second-order valence-corrected chi connectivity index (χ2v) is 4.45. The van der Waals surface area contributed by atoms with E-state index >= 15 is 0 Å². The molecule has 0 aliphatic heterocycles. The molecule has 80 valence electrons. The van der Waals surface area contributed by atoms with Crippen LogP contribution < -0.4 is 0 Å². The van der Waals surface area contributed by atoms with Crippen molar-refractivity contribution in [2.45, 2.75) is 39.5 Å². The Balaban J connectivity index is 2.25. The molecule has 2 aliphatic carbocycles. The molecule has 0 heterocycles. The Bertz CT molecular complexity index is 350. The van der Waals surface area contributed by atoms with Crippen LogP contribution in [0, 0.1) is 5.92 Å². The highest BCUT2D eigenvalue weighted by molar-refractivity contribution is 5.49. The molecule has 0 radical (unpaired) electrons. The average molecular weight is 200 g/mol. The van der Waals surface area contributed by atoms with Crippen molar-refractivity contribution in [2.75, 3.05) is 0 Å². The Kier molecular flexibility index (Phi) is 3.25. The van der Waals surface area contributed by atoms with E-state index < -0.39 is 0 Å². The van der Waals surface area contributed by atoms with Gasteiger partial charge in [-0.3, -0.25) is 0 Å². The van der Waals surface area contributed by atoms with Crippen LogP contribution in [-0.4, -0.2) is 0 Å². The van der Waals surface area contributed by atoms with Crippen LogP contribution in [0.2, 0.25) is 0 Å². The Morgan fingerprint density at radius 2 is 2.13 bits per heavy atom. The first-order chi connectivity index (χ1) is 7.35. The zero-order chi connectivity index (χ0) is 10.7. The molecule has 0 heteroatoms. The minimum absolute atomic E-state index is 0.657. The summed E-state index contributed by atoms with van der Waals surface area (Å²) in [6.07, 6.45) is 16.4. The van der Waals surface area contributed by atoms with Crippen molar-refractivity contribution in [1.29, 1.82) is 0 Å². The molecular weight excluding hydrogens is 180 g/mol. The summed E-state index contributed by atoms with van der Waals surface area (Å²) in [5.41, 5.74) is 4.73. The molecule has 0 bridgehead atoms. The minimum atomic E-state index is 0.657. The van der Waals surface area contributed by atoms with Gasteiger partial charge in [-0.25, -0.2) is 0 Å². The van der Waals surface area contributed by atoms with E-state index in [0.29, 0.717) is 5.92 Å². The van der Waals surface area contributed by atoms with E-state index in [-0.39, 0.29) is 0 Å². The number of hydrogen-bond acceptors (Lipinski definition) is 0. The Morgan fingerprint density at radius 3 is 2.87 bits per heavy atom. The van der Waals surface area contributed by atoms with Gasteiger partial charge in [0.15, 0.2) is 0 Å². The highest BCUT2D eigenvalue weighted by atomic mass is 14.2. The highest BCUT2D eigenvalue weighted by Crippen LogP contribution is 2.36. The summed E-state index contributed by atoms with van der Waals surface area (Å²) in [6.45, 7) is 4.53. The fourth-order valence-corrected chi connectivity index (χ4v) is 2.47. The lowest BCUT2D eigenvalue weighted by Crippen LogP contribution is -1.98. The van der Waals surface area contributed by atoms with Crippen molar-refractivity contribution in [2.24, 2.45) is 5.92 Å². The third kappa shape index (κ3) is 2.14. The normalized spacial score (nSPS) is 24.1. The molecule has 0 saturated carbocycles. The number of rotatable bonds is 3. The van der Waals surface area contributed by atoms with E-state index in [1.165, 1.54) is 25.7 Å². The highest BCUT2D eigenvalue weighted by Gasteiger charge is 2.19. The van der Waals surface area contributed by atoms with Gasteiger partial charge in [0.2, 0.25) is 0 Å². The first kappa shape index (κ1) is 10.5. The van der Waals surface area contributed by atoms with Gasteiger partial charge in [0.25, 0.3) is 0 Å². The smallest absolute Gasteiger partial charge is 0.00238 e. The lowest BCUT2D eigenvalue weighted by molar-refractivity contribution is 0.668. The van der Waals surface area contributed by atoms with Crippen LogP contribution >= 0.6 is 0 Å². The molecule has 1 unspecified atom stereocenters. The van der Waals surface area contributed by atoms with E-state index in [9.17, 15) is 0 Å². The maximum atomic E-state index is 2.44. The van der Waals surface area contributed by atoms with Crippen LogP contribution in [0.5, 0.6) is 0 Å². The molecular formula is C15H20. The molecule has 0 amide bonds. The quantitative estimate of drug-likeness (QED) is 0.626. The van der Waals surface area contributed by atoms with Gasteiger partial charge in [-0.05, 0) is 30.4 Å². The first-order valence-electron chi connectivity index (χ1n) is 6.12. The van der Waals surface area contributed by atoms with Gasteiger partial charge in [-0.15, -0.1) is 0 Å². The second kappa shape index (κ2) is 4.65. The van der Waals surface area contributed by atoms with E-state index in [1.54, 1.807) is 16.7 Å². The van der Waals surface area contributed by atoms with E-state index in [0.717, 1.165) is 0 Å². The summed E-state index contributed by atoms with van der Waals surface area (Å²) >= 11 is 0. The molecule has 0 spiro atoms. The third-order valence-corrected chi connectivity index (χ3v) is 3.35. The van der Waals surface area contributed by atoms with Crippen LogP contribution in [0.15, 0.2) is 47.1 Å². The second-order valence-electron chi connectivity index (χ2n) is 4.45. The molecule has 0 N–H and O–H groups in total. The Hall–Kier alpha value is -1.04. The molecule has 0 saturated heterocycles. The maximum Gasteiger partial charge on any atom is 0.00238 e. The summed E-state index contributed by atoms with van der Waals surface area (Å²) in [4.78, 5) is 0. The average Bonchev–Trinajstić information content (AvgIpc) is 2.58. The SMILES string of the molecule is CCCC1C=CC=CC2=C1C=C(CC)C2. The van der Waals surface area contributed by atoms with Crippen molar-refractivity contribution in [3.05, 3.63) is 47.1 Å². The monoisotopic (exact) mass is 200 g/mol. The fourth-order valence-electron chi connectivity index (χ4n) is 2.47. The summed E-state index contributed by atoms with van der Waals surface area (Å²) in [7, 11) is 0. The topological polar surface area (TPSA) is 0 Å². The van der Waals surface area contributed by atoms with Gasteiger partial charge in [0.05, 0.1) is 0 Å². The molecule has 2 aliphatic rings. The fraction of sp³-hybridized carbons (Fsp3) is 0.467. The van der Waals surface area contributed by atoms with Crippen LogP contribution in [0.4, 0.5) is 0 Å². The molecule has 1 atom stereocenters. The van der Waals surface area contributed by atoms with Gasteiger partial charge in [0.1, 0.15) is 0 Å². The standard InChI is InChI=1S/C15H20/c1-3-7-13-8-5-6-9-14-10-12(4-2)11-15(13)14/h5-6,8-9,11,13H,3-4,7,10H2,1-2H3. The van der Waals surface area contributed by atoms with Gasteiger partial charge in [0, 0.05) is 5.92 Å². The van der Waals surface area contributed by atoms with Crippen LogP contribution in [0.25, 0.3) is 0 Å². The number of allylic oxidation sites excluding steroid dienone is 8. The Labute approximate surface area is 93.1 Å². The largest absolute Gasteiger partial charge is 0.0770 e. The van der Waals surface area contributed by atoms with Crippen LogP contribution in [0.3, 0.4) is 0 Å². The minimum Gasteiger partial charge on any atom is -0.0770 e. The van der Waals surface area contributed by atoms with Crippen molar-refractivity contribution in [3.63, 3.8) is 0 Å². The molecule has 0 aromatic heterocycles. The third-order valence-electron chi connectivity index (χ3n) is 3.35. The first-order valence-corrected chi connectivity index (χ1v) is 6.12. The summed E-state index contributed by atoms with van der Waals surface area (Å²) < 4.78 is 0.